The SMILES string of the molecule is COc1ccc(C(=O)NC(c2ccc(F)cc2)c2cccs2)c(OC)c1. The summed E-state index contributed by atoms with van der Waals surface area (Å²) >= 11 is 1.52. The van der Waals surface area contributed by atoms with Gasteiger partial charge in [-0.3, -0.25) is 4.79 Å². The van der Waals surface area contributed by atoms with Crippen molar-refractivity contribution in [3.63, 3.8) is 0 Å². The topological polar surface area (TPSA) is 47.6 Å². The second-order valence-electron chi connectivity index (χ2n) is 5.54. The summed E-state index contributed by atoms with van der Waals surface area (Å²) in [5.74, 6) is 0.423. The first-order valence-corrected chi connectivity index (χ1v) is 8.82. The molecule has 1 N–H and O–H groups in total. The van der Waals surface area contributed by atoms with Gasteiger partial charge >= 0.3 is 0 Å². The fourth-order valence-electron chi connectivity index (χ4n) is 2.62. The van der Waals surface area contributed by atoms with Crippen LogP contribution >= 0.6 is 11.3 Å². The smallest absolute Gasteiger partial charge is 0.255 e. The van der Waals surface area contributed by atoms with Crippen LogP contribution in [0, 0.1) is 5.82 Å². The average Bonchev–Trinajstić information content (AvgIpc) is 3.20. The molecule has 0 aliphatic heterocycles. The van der Waals surface area contributed by atoms with E-state index in [0.29, 0.717) is 17.1 Å². The van der Waals surface area contributed by atoms with Gasteiger partial charge in [0.25, 0.3) is 5.91 Å². The zero-order valence-corrected chi connectivity index (χ0v) is 15.2. The fourth-order valence-corrected chi connectivity index (χ4v) is 3.43. The van der Waals surface area contributed by atoms with E-state index in [4.69, 9.17) is 9.47 Å². The van der Waals surface area contributed by atoms with E-state index in [9.17, 15) is 9.18 Å². The number of thiophene rings is 1. The summed E-state index contributed by atoms with van der Waals surface area (Å²) in [4.78, 5) is 13.8. The Bertz CT molecular complexity index is 879. The van der Waals surface area contributed by atoms with E-state index in [1.54, 1.807) is 37.4 Å². The number of amides is 1. The lowest BCUT2D eigenvalue weighted by Crippen LogP contribution is -2.29. The molecule has 1 heterocycles. The quantitative estimate of drug-likeness (QED) is 0.698. The highest BCUT2D eigenvalue weighted by molar-refractivity contribution is 7.10. The molecule has 0 spiro atoms. The highest BCUT2D eigenvalue weighted by Gasteiger charge is 2.21. The first-order chi connectivity index (χ1) is 12.6. The fraction of sp³-hybridized carbons (Fsp3) is 0.150. The highest BCUT2D eigenvalue weighted by Crippen LogP contribution is 2.29. The van der Waals surface area contributed by atoms with Crippen LogP contribution in [0.5, 0.6) is 11.5 Å². The number of hydrogen-bond donors (Lipinski definition) is 1. The van der Waals surface area contributed by atoms with E-state index in [-0.39, 0.29) is 17.8 Å². The highest BCUT2D eigenvalue weighted by atomic mass is 32.1. The van der Waals surface area contributed by atoms with E-state index in [1.807, 2.05) is 17.5 Å². The van der Waals surface area contributed by atoms with Gasteiger partial charge in [-0.1, -0.05) is 18.2 Å². The van der Waals surface area contributed by atoms with Crippen LogP contribution in [0.25, 0.3) is 0 Å². The zero-order chi connectivity index (χ0) is 18.5. The Kier molecular flexibility index (Phi) is 5.53. The summed E-state index contributed by atoms with van der Waals surface area (Å²) in [6.07, 6.45) is 0. The van der Waals surface area contributed by atoms with Crippen LogP contribution in [0.4, 0.5) is 4.39 Å². The minimum atomic E-state index is -0.380. The number of ether oxygens (including phenoxy) is 2. The van der Waals surface area contributed by atoms with Gasteiger partial charge in [0.15, 0.2) is 0 Å². The van der Waals surface area contributed by atoms with Crippen molar-refractivity contribution in [3.05, 3.63) is 81.8 Å². The molecule has 0 bridgehead atoms. The van der Waals surface area contributed by atoms with Crippen molar-refractivity contribution in [2.75, 3.05) is 14.2 Å². The number of hydrogen-bond acceptors (Lipinski definition) is 4. The summed E-state index contributed by atoms with van der Waals surface area (Å²) in [6.45, 7) is 0. The molecule has 1 aromatic heterocycles. The average molecular weight is 371 g/mol. The summed E-state index contributed by atoms with van der Waals surface area (Å²) < 4.78 is 23.8. The molecule has 0 saturated carbocycles. The Morgan fingerprint density at radius 3 is 2.46 bits per heavy atom. The largest absolute Gasteiger partial charge is 0.497 e. The Hall–Kier alpha value is -2.86. The van der Waals surface area contributed by atoms with Crippen molar-refractivity contribution >= 4 is 17.2 Å². The molecular weight excluding hydrogens is 353 g/mol. The molecule has 0 fully saturated rings. The molecule has 3 aromatic rings. The van der Waals surface area contributed by atoms with Gasteiger partial charge in [-0.05, 0) is 41.3 Å². The maximum atomic E-state index is 13.3. The summed E-state index contributed by atoms with van der Waals surface area (Å²) in [5, 5.41) is 4.95. The number of carbonyl (C=O) groups is 1. The van der Waals surface area contributed by atoms with E-state index >= 15 is 0 Å². The van der Waals surface area contributed by atoms with Crippen LogP contribution in [0.15, 0.2) is 60.0 Å². The Morgan fingerprint density at radius 2 is 1.85 bits per heavy atom. The monoisotopic (exact) mass is 371 g/mol. The summed E-state index contributed by atoms with van der Waals surface area (Å²) in [5.41, 5.74) is 1.20. The maximum Gasteiger partial charge on any atom is 0.255 e. The lowest BCUT2D eigenvalue weighted by atomic mass is 10.0. The predicted molar refractivity (Wildman–Crippen MR) is 99.6 cm³/mol. The van der Waals surface area contributed by atoms with Gasteiger partial charge in [0.1, 0.15) is 17.3 Å². The lowest BCUT2D eigenvalue weighted by Gasteiger charge is -2.19. The molecule has 0 radical (unpaired) electrons. The molecule has 0 aliphatic rings. The van der Waals surface area contributed by atoms with Crippen molar-refractivity contribution in [3.8, 4) is 11.5 Å². The van der Waals surface area contributed by atoms with Crippen LogP contribution < -0.4 is 14.8 Å². The molecule has 1 atom stereocenters. The first kappa shape index (κ1) is 17.9. The van der Waals surface area contributed by atoms with Crippen molar-refractivity contribution in [2.45, 2.75) is 6.04 Å². The first-order valence-electron chi connectivity index (χ1n) is 7.94. The van der Waals surface area contributed by atoms with Gasteiger partial charge in [0, 0.05) is 10.9 Å². The van der Waals surface area contributed by atoms with E-state index in [0.717, 1.165) is 10.4 Å². The third-order valence-corrected chi connectivity index (χ3v) is 4.90. The van der Waals surface area contributed by atoms with Crippen LogP contribution in [-0.4, -0.2) is 20.1 Å². The van der Waals surface area contributed by atoms with E-state index in [1.165, 1.54) is 30.6 Å². The standard InChI is InChI=1S/C20H18FNO3S/c1-24-15-9-10-16(17(12-15)25-2)20(23)22-19(18-4-3-11-26-18)13-5-7-14(21)8-6-13/h3-12,19H,1-2H3,(H,22,23). The van der Waals surface area contributed by atoms with E-state index < -0.39 is 0 Å². The summed E-state index contributed by atoms with van der Waals surface area (Å²) in [6, 6.07) is 14.6. The molecule has 1 unspecified atom stereocenters. The molecule has 3 rings (SSSR count). The predicted octanol–water partition coefficient (Wildman–Crippen LogP) is 4.42. The van der Waals surface area contributed by atoms with Gasteiger partial charge in [0.2, 0.25) is 0 Å². The van der Waals surface area contributed by atoms with Crippen LogP contribution in [0.3, 0.4) is 0 Å². The van der Waals surface area contributed by atoms with Gasteiger partial charge in [0.05, 0.1) is 25.8 Å². The van der Waals surface area contributed by atoms with Crippen molar-refractivity contribution < 1.29 is 18.7 Å². The molecule has 1 amide bonds. The number of benzene rings is 2. The third-order valence-electron chi connectivity index (χ3n) is 3.96. The maximum absolute atomic E-state index is 13.3. The van der Waals surface area contributed by atoms with Crippen molar-refractivity contribution in [1.82, 2.24) is 5.32 Å². The van der Waals surface area contributed by atoms with Crippen LogP contribution in [-0.2, 0) is 0 Å². The number of carbonyl (C=O) groups excluding carboxylic acids is 1. The number of halogens is 1. The normalized spacial score (nSPS) is 11.7. The molecular formula is C20H18FNO3S. The molecule has 4 nitrogen and oxygen atoms in total. The van der Waals surface area contributed by atoms with Crippen LogP contribution in [0.2, 0.25) is 0 Å². The van der Waals surface area contributed by atoms with Gasteiger partial charge in [-0.25, -0.2) is 4.39 Å². The summed E-state index contributed by atoms with van der Waals surface area (Å²) in [7, 11) is 3.05. The van der Waals surface area contributed by atoms with Gasteiger partial charge in [-0.2, -0.15) is 0 Å². The number of nitrogens with one attached hydrogen (secondary N) is 1. The molecule has 26 heavy (non-hydrogen) atoms. The molecule has 2 aromatic carbocycles. The number of methoxy groups -OCH3 is 2. The number of rotatable bonds is 6. The van der Waals surface area contributed by atoms with Gasteiger partial charge < -0.3 is 14.8 Å². The lowest BCUT2D eigenvalue weighted by molar-refractivity contribution is 0.0940. The Balaban J connectivity index is 1.92. The Morgan fingerprint density at radius 1 is 1.08 bits per heavy atom. The molecule has 6 heteroatoms. The van der Waals surface area contributed by atoms with Crippen molar-refractivity contribution in [2.24, 2.45) is 0 Å². The minimum absolute atomic E-state index is 0.285. The molecule has 0 saturated heterocycles. The second kappa shape index (κ2) is 8.01. The second-order valence-corrected chi connectivity index (χ2v) is 6.52. The Labute approximate surface area is 155 Å². The van der Waals surface area contributed by atoms with Crippen molar-refractivity contribution in [1.29, 1.82) is 0 Å². The molecule has 0 aliphatic carbocycles. The zero-order valence-electron chi connectivity index (χ0n) is 14.4. The third kappa shape index (κ3) is 3.86. The minimum Gasteiger partial charge on any atom is -0.497 e. The van der Waals surface area contributed by atoms with Crippen LogP contribution in [0.1, 0.15) is 26.8 Å². The van der Waals surface area contributed by atoms with E-state index in [2.05, 4.69) is 5.32 Å². The van der Waals surface area contributed by atoms with Gasteiger partial charge in [-0.15, -0.1) is 11.3 Å². The molecule has 134 valence electrons.